The molecule has 0 saturated heterocycles. The molecule has 0 saturated carbocycles. The fraction of sp³-hybridized carbons (Fsp3) is 0.308. The van der Waals surface area contributed by atoms with Crippen LogP contribution in [-0.4, -0.2) is 19.7 Å². The van der Waals surface area contributed by atoms with Gasteiger partial charge >= 0.3 is 0 Å². The van der Waals surface area contributed by atoms with Crippen LogP contribution in [0.4, 0.5) is 5.82 Å². The van der Waals surface area contributed by atoms with E-state index in [0.29, 0.717) is 12.4 Å². The van der Waals surface area contributed by atoms with Gasteiger partial charge in [0.05, 0.1) is 11.9 Å². The minimum Gasteiger partial charge on any atom is -0.383 e. The highest BCUT2D eigenvalue weighted by Gasteiger charge is 2.16. The molecule has 2 N–H and O–H groups in total. The van der Waals surface area contributed by atoms with Gasteiger partial charge in [-0.1, -0.05) is 5.16 Å². The number of hydrogen-bond acceptors (Lipinski definition) is 5. The van der Waals surface area contributed by atoms with Crippen molar-refractivity contribution in [3.05, 3.63) is 35.1 Å². The van der Waals surface area contributed by atoms with Crippen LogP contribution >= 0.6 is 0 Å². The van der Waals surface area contributed by atoms with Gasteiger partial charge in [-0.3, -0.25) is 0 Å². The molecular weight excluding hydrogens is 242 g/mol. The van der Waals surface area contributed by atoms with E-state index in [9.17, 15) is 0 Å². The third-order valence-electron chi connectivity index (χ3n) is 3.43. The van der Waals surface area contributed by atoms with Gasteiger partial charge in [0.15, 0.2) is 0 Å². The third-order valence-corrected chi connectivity index (χ3v) is 3.43. The minimum absolute atomic E-state index is 0.515. The summed E-state index contributed by atoms with van der Waals surface area (Å²) in [5.41, 5.74) is 9.86. The molecule has 3 aromatic rings. The Morgan fingerprint density at radius 2 is 2.05 bits per heavy atom. The second-order valence-electron chi connectivity index (χ2n) is 4.68. The lowest BCUT2D eigenvalue weighted by Crippen LogP contribution is -2.03. The highest BCUT2D eigenvalue weighted by Crippen LogP contribution is 2.27. The molecular formula is C13H15N5O. The number of nitrogens with zero attached hydrogens (tertiary/aromatic N) is 4. The molecule has 3 rings (SSSR count). The van der Waals surface area contributed by atoms with E-state index in [-0.39, 0.29) is 0 Å². The van der Waals surface area contributed by atoms with Crippen LogP contribution in [0.25, 0.3) is 11.0 Å². The molecule has 0 unspecified atom stereocenters. The highest BCUT2D eigenvalue weighted by atomic mass is 16.5. The van der Waals surface area contributed by atoms with Crippen LogP contribution in [-0.2, 0) is 6.54 Å². The average molecular weight is 257 g/mol. The molecule has 6 nitrogen and oxygen atoms in total. The van der Waals surface area contributed by atoms with Gasteiger partial charge in [-0.15, -0.1) is 0 Å². The van der Waals surface area contributed by atoms with Gasteiger partial charge in [-0.25, -0.2) is 9.97 Å². The van der Waals surface area contributed by atoms with Gasteiger partial charge in [0.25, 0.3) is 0 Å². The van der Waals surface area contributed by atoms with Crippen molar-refractivity contribution in [3.63, 3.8) is 0 Å². The summed E-state index contributed by atoms with van der Waals surface area (Å²) < 4.78 is 7.18. The predicted octanol–water partition coefficient (Wildman–Crippen LogP) is 1.98. The van der Waals surface area contributed by atoms with E-state index in [1.54, 1.807) is 0 Å². The van der Waals surface area contributed by atoms with Crippen LogP contribution in [0.3, 0.4) is 0 Å². The Kier molecular flexibility index (Phi) is 2.51. The molecule has 0 radical (unpaired) electrons. The van der Waals surface area contributed by atoms with E-state index in [0.717, 1.165) is 33.7 Å². The van der Waals surface area contributed by atoms with E-state index in [1.807, 2.05) is 26.8 Å². The van der Waals surface area contributed by atoms with Crippen molar-refractivity contribution in [2.24, 2.45) is 0 Å². The summed E-state index contributed by atoms with van der Waals surface area (Å²) >= 11 is 0. The minimum atomic E-state index is 0.515. The van der Waals surface area contributed by atoms with E-state index in [1.165, 1.54) is 6.33 Å². The Labute approximate surface area is 110 Å². The standard InChI is InChI=1S/C13H15N5O/c1-7-4-10(17-19-7)5-18-9(3)8(2)11-12(14)15-6-16-13(11)18/h4,6H,5H2,1-3H3,(H2,14,15,16). The molecule has 3 aromatic heterocycles. The number of nitrogen functional groups attached to an aromatic ring is 1. The first-order chi connectivity index (χ1) is 9.08. The number of aromatic nitrogens is 4. The fourth-order valence-electron chi connectivity index (χ4n) is 2.34. The number of fused-ring (bicyclic) bond motifs is 1. The van der Waals surface area contributed by atoms with Crippen molar-refractivity contribution in [1.29, 1.82) is 0 Å². The third kappa shape index (κ3) is 1.76. The van der Waals surface area contributed by atoms with Crippen molar-refractivity contribution in [3.8, 4) is 0 Å². The quantitative estimate of drug-likeness (QED) is 0.759. The van der Waals surface area contributed by atoms with Crippen molar-refractivity contribution in [2.75, 3.05) is 5.73 Å². The number of rotatable bonds is 2. The van der Waals surface area contributed by atoms with Crippen LogP contribution in [0.2, 0.25) is 0 Å². The summed E-state index contributed by atoms with van der Waals surface area (Å²) in [6.07, 6.45) is 1.49. The van der Waals surface area contributed by atoms with Crippen LogP contribution in [0.15, 0.2) is 16.9 Å². The summed E-state index contributed by atoms with van der Waals surface area (Å²) in [6, 6.07) is 1.92. The van der Waals surface area contributed by atoms with Crippen LogP contribution < -0.4 is 5.73 Å². The zero-order valence-corrected chi connectivity index (χ0v) is 11.1. The molecule has 0 atom stereocenters. The maximum absolute atomic E-state index is 5.94. The fourth-order valence-corrected chi connectivity index (χ4v) is 2.34. The van der Waals surface area contributed by atoms with Crippen molar-refractivity contribution in [2.45, 2.75) is 27.3 Å². The largest absolute Gasteiger partial charge is 0.383 e. The maximum Gasteiger partial charge on any atom is 0.146 e. The lowest BCUT2D eigenvalue weighted by molar-refractivity contribution is 0.389. The zero-order valence-electron chi connectivity index (χ0n) is 11.1. The Morgan fingerprint density at radius 1 is 1.26 bits per heavy atom. The van der Waals surface area contributed by atoms with Gasteiger partial charge in [0, 0.05) is 11.8 Å². The summed E-state index contributed by atoms with van der Waals surface area (Å²) in [4.78, 5) is 8.39. The Balaban J connectivity index is 2.18. The zero-order chi connectivity index (χ0) is 13.6. The highest BCUT2D eigenvalue weighted by molar-refractivity contribution is 5.90. The number of aryl methyl sites for hydroxylation is 2. The summed E-state index contributed by atoms with van der Waals surface area (Å²) in [6.45, 7) is 6.57. The topological polar surface area (TPSA) is 82.8 Å². The second-order valence-corrected chi connectivity index (χ2v) is 4.68. The van der Waals surface area contributed by atoms with Crippen molar-refractivity contribution in [1.82, 2.24) is 19.7 Å². The van der Waals surface area contributed by atoms with Gasteiger partial charge in [-0.2, -0.15) is 0 Å². The van der Waals surface area contributed by atoms with E-state index < -0.39 is 0 Å². The van der Waals surface area contributed by atoms with E-state index >= 15 is 0 Å². The van der Waals surface area contributed by atoms with Gasteiger partial charge in [0.1, 0.15) is 29.2 Å². The number of hydrogen-bond donors (Lipinski definition) is 1. The molecule has 0 amide bonds. The van der Waals surface area contributed by atoms with Crippen molar-refractivity contribution >= 4 is 16.9 Å². The Hall–Kier alpha value is -2.37. The first-order valence-electron chi connectivity index (χ1n) is 6.06. The molecule has 6 heteroatoms. The summed E-state index contributed by atoms with van der Waals surface area (Å²) in [7, 11) is 0. The lowest BCUT2D eigenvalue weighted by atomic mass is 10.2. The SMILES string of the molecule is Cc1cc(Cn2c(C)c(C)c3c(N)ncnc32)no1. The number of nitrogens with two attached hydrogens (primary N) is 1. The van der Waals surface area contributed by atoms with Crippen LogP contribution in [0.1, 0.15) is 22.7 Å². The molecule has 0 spiro atoms. The maximum atomic E-state index is 5.94. The molecule has 0 aliphatic rings. The van der Waals surface area contributed by atoms with Gasteiger partial charge in [-0.05, 0) is 26.3 Å². The molecule has 19 heavy (non-hydrogen) atoms. The monoisotopic (exact) mass is 257 g/mol. The second kappa shape index (κ2) is 4.08. The van der Waals surface area contributed by atoms with Crippen LogP contribution in [0.5, 0.6) is 0 Å². The van der Waals surface area contributed by atoms with Gasteiger partial charge < -0.3 is 14.8 Å². The van der Waals surface area contributed by atoms with Crippen LogP contribution in [0, 0.1) is 20.8 Å². The van der Waals surface area contributed by atoms with E-state index in [4.69, 9.17) is 10.3 Å². The predicted molar refractivity (Wildman–Crippen MR) is 71.8 cm³/mol. The molecule has 3 heterocycles. The Morgan fingerprint density at radius 3 is 2.74 bits per heavy atom. The summed E-state index contributed by atoms with van der Waals surface area (Å²) in [5, 5.41) is 4.94. The lowest BCUT2D eigenvalue weighted by Gasteiger charge is -2.04. The molecule has 98 valence electrons. The van der Waals surface area contributed by atoms with Crippen molar-refractivity contribution < 1.29 is 4.52 Å². The van der Waals surface area contributed by atoms with E-state index in [2.05, 4.69) is 19.7 Å². The first kappa shape index (κ1) is 11.7. The Bertz CT molecular complexity index is 756. The molecule has 0 fully saturated rings. The summed E-state index contributed by atoms with van der Waals surface area (Å²) in [5.74, 6) is 1.32. The number of anilines is 1. The first-order valence-corrected chi connectivity index (χ1v) is 6.06. The average Bonchev–Trinajstić information content (AvgIpc) is 2.88. The normalized spacial score (nSPS) is 11.3. The molecule has 0 aromatic carbocycles. The smallest absolute Gasteiger partial charge is 0.146 e. The molecule has 0 aliphatic carbocycles. The molecule has 0 aliphatic heterocycles. The molecule has 0 bridgehead atoms. The van der Waals surface area contributed by atoms with Gasteiger partial charge in [0.2, 0.25) is 0 Å².